The van der Waals surface area contributed by atoms with Crippen LogP contribution in [-0.4, -0.2) is 22.7 Å². The summed E-state index contributed by atoms with van der Waals surface area (Å²) in [6.07, 6.45) is 1.69. The predicted octanol–water partition coefficient (Wildman–Crippen LogP) is 2.83. The molecule has 18 heavy (non-hydrogen) atoms. The number of carbonyl (C=O) groups is 1. The van der Waals surface area contributed by atoms with Crippen LogP contribution in [0.1, 0.15) is 18.5 Å². The zero-order valence-electron chi connectivity index (χ0n) is 10.1. The Bertz CT molecular complexity index is 540. The van der Waals surface area contributed by atoms with E-state index in [0.717, 1.165) is 35.9 Å². The lowest BCUT2D eigenvalue weighted by atomic mass is 10.1. The molecule has 2 aromatic rings. The molecule has 0 aliphatic rings. The molecule has 0 bridgehead atoms. The lowest BCUT2D eigenvalue weighted by molar-refractivity contribution is 0.194. The largest absolute Gasteiger partial charge is 0.465 e. The van der Waals surface area contributed by atoms with Crippen molar-refractivity contribution in [3.8, 4) is 0 Å². The third-order valence-corrected chi connectivity index (χ3v) is 2.79. The Labute approximate surface area is 106 Å². The Balaban J connectivity index is 1.86. The van der Waals surface area contributed by atoms with Crippen molar-refractivity contribution in [2.24, 2.45) is 0 Å². The fourth-order valence-corrected chi connectivity index (χ4v) is 1.87. The minimum absolute atomic E-state index is 0.503. The van der Waals surface area contributed by atoms with E-state index in [2.05, 4.69) is 16.4 Å². The molecule has 0 saturated heterocycles. The molecule has 0 aliphatic heterocycles. The topological polar surface area (TPSA) is 62.2 Å². The van der Waals surface area contributed by atoms with Crippen LogP contribution in [0.4, 0.5) is 4.79 Å². The fraction of sp³-hybridized carbons (Fsp3) is 0.286. The van der Waals surface area contributed by atoms with Crippen LogP contribution in [0.5, 0.6) is 0 Å². The summed E-state index contributed by atoms with van der Waals surface area (Å²) >= 11 is 0. The van der Waals surface area contributed by atoms with Gasteiger partial charge in [-0.1, -0.05) is 24.3 Å². The van der Waals surface area contributed by atoms with Crippen LogP contribution in [0.3, 0.4) is 0 Å². The van der Waals surface area contributed by atoms with E-state index in [1.807, 2.05) is 30.3 Å². The second-order valence-electron chi connectivity index (χ2n) is 4.18. The van der Waals surface area contributed by atoms with Crippen molar-refractivity contribution in [1.29, 1.82) is 0 Å². The van der Waals surface area contributed by atoms with Gasteiger partial charge in [0.05, 0.1) is 5.52 Å². The van der Waals surface area contributed by atoms with Gasteiger partial charge < -0.3 is 10.4 Å². The Kier molecular flexibility index (Phi) is 4.12. The van der Waals surface area contributed by atoms with Crippen LogP contribution < -0.4 is 5.32 Å². The molecule has 2 N–H and O–H groups in total. The number of hydrogen-bond acceptors (Lipinski definition) is 2. The van der Waals surface area contributed by atoms with Gasteiger partial charge in [-0.2, -0.15) is 0 Å². The molecule has 0 saturated carbocycles. The number of amides is 1. The zero-order valence-corrected chi connectivity index (χ0v) is 10.1. The summed E-state index contributed by atoms with van der Waals surface area (Å²) in [5.41, 5.74) is 2.07. The fourth-order valence-electron chi connectivity index (χ4n) is 1.87. The van der Waals surface area contributed by atoms with Gasteiger partial charge in [-0.3, -0.25) is 4.98 Å². The number of carboxylic acid groups (broad SMARTS) is 1. The molecule has 94 valence electrons. The van der Waals surface area contributed by atoms with E-state index in [1.54, 1.807) is 0 Å². The number of nitrogens with one attached hydrogen (secondary N) is 1. The second-order valence-corrected chi connectivity index (χ2v) is 4.18. The van der Waals surface area contributed by atoms with Crippen LogP contribution in [0, 0.1) is 0 Å². The van der Waals surface area contributed by atoms with Gasteiger partial charge in [-0.15, -0.1) is 0 Å². The van der Waals surface area contributed by atoms with E-state index in [9.17, 15) is 4.79 Å². The molecule has 4 heteroatoms. The normalized spacial score (nSPS) is 10.4. The molecule has 0 spiro atoms. The van der Waals surface area contributed by atoms with Gasteiger partial charge in [-0.05, 0) is 31.4 Å². The summed E-state index contributed by atoms with van der Waals surface area (Å²) in [7, 11) is 0. The molecular formula is C14H16N2O2. The summed E-state index contributed by atoms with van der Waals surface area (Å²) in [5.74, 6) is 0. The van der Waals surface area contributed by atoms with Crippen molar-refractivity contribution in [2.45, 2.75) is 19.3 Å². The molecule has 0 radical (unpaired) electrons. The highest BCUT2D eigenvalue weighted by Gasteiger charge is 1.99. The monoisotopic (exact) mass is 244 g/mol. The Hall–Kier alpha value is -2.10. The molecule has 0 atom stereocenters. The first-order valence-corrected chi connectivity index (χ1v) is 6.07. The molecule has 1 aromatic carbocycles. The molecule has 1 heterocycles. The molecule has 4 nitrogen and oxygen atoms in total. The minimum Gasteiger partial charge on any atom is -0.465 e. The smallest absolute Gasteiger partial charge is 0.404 e. The predicted molar refractivity (Wildman–Crippen MR) is 70.7 cm³/mol. The Morgan fingerprint density at radius 1 is 1.17 bits per heavy atom. The maximum atomic E-state index is 10.3. The van der Waals surface area contributed by atoms with Gasteiger partial charge in [0.2, 0.25) is 0 Å². The van der Waals surface area contributed by atoms with E-state index in [-0.39, 0.29) is 0 Å². The second kappa shape index (κ2) is 6.00. The molecule has 2 rings (SSSR count). The Morgan fingerprint density at radius 3 is 2.83 bits per heavy atom. The first kappa shape index (κ1) is 12.4. The summed E-state index contributed by atoms with van der Waals surface area (Å²) in [5, 5.41) is 11.9. The van der Waals surface area contributed by atoms with E-state index in [1.165, 1.54) is 0 Å². The number of aromatic nitrogens is 1. The molecule has 0 aliphatic carbocycles. The van der Waals surface area contributed by atoms with Gasteiger partial charge >= 0.3 is 6.09 Å². The van der Waals surface area contributed by atoms with Crippen molar-refractivity contribution in [3.63, 3.8) is 0 Å². The van der Waals surface area contributed by atoms with Crippen LogP contribution in [0.25, 0.3) is 10.9 Å². The molecule has 0 unspecified atom stereocenters. The number of para-hydroxylation sites is 1. The van der Waals surface area contributed by atoms with Gasteiger partial charge in [0.15, 0.2) is 0 Å². The molecule has 0 fully saturated rings. The lowest BCUT2D eigenvalue weighted by Crippen LogP contribution is -2.21. The van der Waals surface area contributed by atoms with Gasteiger partial charge in [0.25, 0.3) is 0 Å². The minimum atomic E-state index is -0.959. The van der Waals surface area contributed by atoms with Crippen LogP contribution >= 0.6 is 0 Å². The number of nitrogens with zero attached hydrogens (tertiary/aromatic N) is 1. The molecular weight excluding hydrogens is 228 g/mol. The zero-order chi connectivity index (χ0) is 12.8. The number of benzene rings is 1. The van der Waals surface area contributed by atoms with Crippen molar-refractivity contribution < 1.29 is 9.90 Å². The summed E-state index contributed by atoms with van der Waals surface area (Å²) in [4.78, 5) is 14.8. The van der Waals surface area contributed by atoms with E-state index >= 15 is 0 Å². The van der Waals surface area contributed by atoms with Crippen LogP contribution in [0.2, 0.25) is 0 Å². The average molecular weight is 244 g/mol. The standard InChI is InChI=1S/C14H16N2O2/c17-14(18)15-10-4-3-6-12-9-8-11-5-1-2-7-13(11)16-12/h1-2,5,7-9,15H,3-4,6,10H2,(H,17,18). The number of aryl methyl sites for hydroxylation is 1. The van der Waals surface area contributed by atoms with E-state index < -0.39 is 6.09 Å². The average Bonchev–Trinajstić information content (AvgIpc) is 2.38. The summed E-state index contributed by atoms with van der Waals surface area (Å²) in [6, 6.07) is 12.1. The van der Waals surface area contributed by atoms with Crippen molar-refractivity contribution in [1.82, 2.24) is 10.3 Å². The quantitative estimate of drug-likeness (QED) is 0.795. The van der Waals surface area contributed by atoms with Crippen LogP contribution in [-0.2, 0) is 6.42 Å². The number of hydrogen-bond donors (Lipinski definition) is 2. The van der Waals surface area contributed by atoms with Gasteiger partial charge in [0, 0.05) is 17.6 Å². The number of pyridine rings is 1. The summed E-state index contributed by atoms with van der Waals surface area (Å²) < 4.78 is 0. The van der Waals surface area contributed by atoms with Crippen molar-refractivity contribution >= 4 is 17.0 Å². The number of fused-ring (bicyclic) bond motifs is 1. The number of unbranched alkanes of at least 4 members (excludes halogenated alkanes) is 1. The van der Waals surface area contributed by atoms with E-state index in [0.29, 0.717) is 6.54 Å². The van der Waals surface area contributed by atoms with Gasteiger partial charge in [0.1, 0.15) is 0 Å². The number of rotatable bonds is 5. The van der Waals surface area contributed by atoms with Crippen molar-refractivity contribution in [3.05, 3.63) is 42.1 Å². The summed E-state index contributed by atoms with van der Waals surface area (Å²) in [6.45, 7) is 0.503. The Morgan fingerprint density at radius 2 is 2.00 bits per heavy atom. The molecule has 1 aromatic heterocycles. The SMILES string of the molecule is O=C(O)NCCCCc1ccc2ccccc2n1. The lowest BCUT2D eigenvalue weighted by Gasteiger charge is -2.03. The maximum absolute atomic E-state index is 10.3. The van der Waals surface area contributed by atoms with Crippen molar-refractivity contribution in [2.75, 3.05) is 6.54 Å². The highest BCUT2D eigenvalue weighted by atomic mass is 16.4. The third kappa shape index (κ3) is 3.45. The van der Waals surface area contributed by atoms with E-state index in [4.69, 9.17) is 5.11 Å². The highest BCUT2D eigenvalue weighted by molar-refractivity contribution is 5.78. The van der Waals surface area contributed by atoms with Gasteiger partial charge in [-0.25, -0.2) is 4.79 Å². The van der Waals surface area contributed by atoms with Crippen LogP contribution in [0.15, 0.2) is 36.4 Å². The maximum Gasteiger partial charge on any atom is 0.404 e. The first-order chi connectivity index (χ1) is 8.75. The first-order valence-electron chi connectivity index (χ1n) is 6.07. The highest BCUT2D eigenvalue weighted by Crippen LogP contribution is 2.12. The molecule has 1 amide bonds. The third-order valence-electron chi connectivity index (χ3n) is 2.79.